The fourth-order valence-corrected chi connectivity index (χ4v) is 1.99. The van der Waals surface area contributed by atoms with Crippen LogP contribution in [0.2, 0.25) is 0 Å². The summed E-state index contributed by atoms with van der Waals surface area (Å²) in [6, 6.07) is 4.00. The van der Waals surface area contributed by atoms with E-state index in [9.17, 15) is 14.3 Å². The second-order valence-electron chi connectivity index (χ2n) is 3.38. The summed E-state index contributed by atoms with van der Waals surface area (Å²) in [6.07, 6.45) is 0. The highest BCUT2D eigenvalue weighted by atomic mass is 32.2. The monoisotopic (exact) mass is 229 g/mol. The van der Waals surface area contributed by atoms with Gasteiger partial charge in [-0.15, -0.1) is 0 Å². The zero-order valence-corrected chi connectivity index (χ0v) is 9.15. The molecule has 0 bridgehead atoms. The van der Waals surface area contributed by atoms with Crippen molar-refractivity contribution in [1.29, 1.82) is 0 Å². The van der Waals surface area contributed by atoms with Gasteiger partial charge in [0.1, 0.15) is 0 Å². The number of nitro groups is 1. The largest absolute Gasteiger partial charge is 0.302 e. The van der Waals surface area contributed by atoms with Crippen LogP contribution in [0.5, 0.6) is 0 Å². The lowest BCUT2D eigenvalue weighted by Gasteiger charge is -2.08. The Morgan fingerprint density at radius 2 is 2.07 bits per heavy atom. The first-order valence-electron chi connectivity index (χ1n) is 4.32. The van der Waals surface area contributed by atoms with E-state index in [0.29, 0.717) is 5.56 Å². The quantitative estimate of drug-likeness (QED) is 0.490. The average molecular weight is 229 g/mol. The normalized spacial score (nSPS) is 12.8. The molecule has 0 radical (unpaired) electrons. The van der Waals surface area contributed by atoms with Gasteiger partial charge >= 0.3 is 0 Å². The fraction of sp³-hybridized carbons (Fsp3) is 0.333. The highest BCUT2D eigenvalue weighted by Crippen LogP contribution is 2.26. The zero-order valence-electron chi connectivity index (χ0n) is 8.34. The van der Waals surface area contributed by atoms with Gasteiger partial charge in [0, 0.05) is 12.1 Å². The Hall–Kier alpha value is -1.27. The molecule has 15 heavy (non-hydrogen) atoms. The predicted octanol–water partition coefficient (Wildman–Crippen LogP) is 2.30. The molecule has 0 fully saturated rings. The minimum absolute atomic E-state index is 0.0527. The molecule has 0 aliphatic heterocycles. The highest BCUT2D eigenvalue weighted by Gasteiger charge is 2.16. The molecule has 5 nitrogen and oxygen atoms in total. The number of nitro benzene ring substituents is 1. The van der Waals surface area contributed by atoms with Crippen molar-refractivity contribution in [2.75, 3.05) is 0 Å². The van der Waals surface area contributed by atoms with Crippen molar-refractivity contribution in [3.05, 3.63) is 33.9 Å². The van der Waals surface area contributed by atoms with E-state index in [-0.39, 0.29) is 16.5 Å². The molecule has 1 N–H and O–H groups in total. The molecule has 1 unspecified atom stereocenters. The highest BCUT2D eigenvalue weighted by molar-refractivity contribution is 7.79. The molecule has 1 rings (SSSR count). The van der Waals surface area contributed by atoms with Crippen LogP contribution >= 0.6 is 0 Å². The van der Waals surface area contributed by atoms with Gasteiger partial charge in [0.05, 0.1) is 9.82 Å². The molecule has 0 aliphatic rings. The van der Waals surface area contributed by atoms with Crippen molar-refractivity contribution in [3.63, 3.8) is 0 Å². The van der Waals surface area contributed by atoms with E-state index in [2.05, 4.69) is 0 Å². The summed E-state index contributed by atoms with van der Waals surface area (Å²) in [6.45, 7) is 3.72. The minimum Gasteiger partial charge on any atom is -0.302 e. The van der Waals surface area contributed by atoms with Crippen LogP contribution in [0, 0.1) is 10.1 Å². The Kier molecular flexibility index (Phi) is 3.54. The molecule has 0 amide bonds. The van der Waals surface area contributed by atoms with E-state index in [1.54, 1.807) is 0 Å². The second-order valence-corrected chi connectivity index (χ2v) is 4.32. The topological polar surface area (TPSA) is 80.4 Å². The van der Waals surface area contributed by atoms with Gasteiger partial charge in [-0.2, -0.15) is 0 Å². The Morgan fingerprint density at radius 1 is 1.47 bits per heavy atom. The molecule has 0 spiro atoms. The van der Waals surface area contributed by atoms with Crippen LogP contribution in [0.25, 0.3) is 0 Å². The van der Waals surface area contributed by atoms with Crippen molar-refractivity contribution in [2.24, 2.45) is 0 Å². The smallest absolute Gasteiger partial charge is 0.270 e. The number of hydrogen-bond donors (Lipinski definition) is 1. The molecule has 0 aromatic heterocycles. The summed E-state index contributed by atoms with van der Waals surface area (Å²) in [4.78, 5) is 10.0. The van der Waals surface area contributed by atoms with Crippen molar-refractivity contribution >= 4 is 16.8 Å². The third-order valence-electron chi connectivity index (χ3n) is 2.02. The lowest BCUT2D eigenvalue weighted by molar-refractivity contribution is -0.385. The van der Waals surface area contributed by atoms with Gasteiger partial charge in [0.15, 0.2) is 11.1 Å². The van der Waals surface area contributed by atoms with Gasteiger partial charge in [-0.25, -0.2) is 4.21 Å². The van der Waals surface area contributed by atoms with Crippen molar-refractivity contribution in [1.82, 2.24) is 0 Å². The SMILES string of the molecule is CC(C)c1ccc([N+](=O)[O-])cc1S(=O)O. The summed E-state index contributed by atoms with van der Waals surface area (Å²) in [5.74, 6) is 0.0527. The van der Waals surface area contributed by atoms with Crippen LogP contribution in [0.1, 0.15) is 25.3 Å². The summed E-state index contributed by atoms with van der Waals surface area (Å²) in [7, 11) is 0. The molecule has 1 aromatic carbocycles. The molecule has 0 heterocycles. The number of hydrogen-bond acceptors (Lipinski definition) is 3. The van der Waals surface area contributed by atoms with Crippen molar-refractivity contribution < 1.29 is 13.7 Å². The van der Waals surface area contributed by atoms with Crippen molar-refractivity contribution in [3.8, 4) is 0 Å². The van der Waals surface area contributed by atoms with Crippen LogP contribution in [0.3, 0.4) is 0 Å². The predicted molar refractivity (Wildman–Crippen MR) is 56.2 cm³/mol. The molecular weight excluding hydrogens is 218 g/mol. The lowest BCUT2D eigenvalue weighted by atomic mass is 10.0. The average Bonchev–Trinajstić information content (AvgIpc) is 2.16. The Bertz CT molecular complexity index is 417. The first-order chi connectivity index (χ1) is 6.93. The van der Waals surface area contributed by atoms with E-state index in [1.807, 2.05) is 13.8 Å². The molecule has 1 aromatic rings. The van der Waals surface area contributed by atoms with Crippen LogP contribution in [0.15, 0.2) is 23.1 Å². The van der Waals surface area contributed by atoms with E-state index in [4.69, 9.17) is 4.55 Å². The molecule has 82 valence electrons. The van der Waals surface area contributed by atoms with Gasteiger partial charge in [0.25, 0.3) is 5.69 Å². The number of non-ortho nitro benzene ring substituents is 1. The maximum Gasteiger partial charge on any atom is 0.270 e. The van der Waals surface area contributed by atoms with Crippen LogP contribution < -0.4 is 0 Å². The van der Waals surface area contributed by atoms with Gasteiger partial charge in [-0.05, 0) is 11.5 Å². The van der Waals surface area contributed by atoms with E-state index in [0.717, 1.165) is 6.07 Å². The van der Waals surface area contributed by atoms with Gasteiger partial charge < -0.3 is 4.55 Å². The summed E-state index contributed by atoms with van der Waals surface area (Å²) < 4.78 is 20.0. The summed E-state index contributed by atoms with van der Waals surface area (Å²) >= 11 is -2.19. The molecule has 6 heteroatoms. The maximum atomic E-state index is 11.0. The Balaban J connectivity index is 3.33. The van der Waals surface area contributed by atoms with E-state index < -0.39 is 16.0 Å². The van der Waals surface area contributed by atoms with Crippen molar-refractivity contribution in [2.45, 2.75) is 24.7 Å². The van der Waals surface area contributed by atoms with Gasteiger partial charge in [-0.1, -0.05) is 19.9 Å². The Labute approximate surface area is 89.6 Å². The van der Waals surface area contributed by atoms with E-state index in [1.165, 1.54) is 12.1 Å². The van der Waals surface area contributed by atoms with Crippen LogP contribution in [0.4, 0.5) is 5.69 Å². The third kappa shape index (κ3) is 2.60. The zero-order chi connectivity index (χ0) is 11.6. The molecule has 0 saturated carbocycles. The number of rotatable bonds is 3. The summed E-state index contributed by atoms with van der Waals surface area (Å²) in [5, 5.41) is 10.5. The van der Waals surface area contributed by atoms with Gasteiger partial charge in [-0.3, -0.25) is 10.1 Å². The lowest BCUT2D eigenvalue weighted by Crippen LogP contribution is -2.00. The fourth-order valence-electron chi connectivity index (χ4n) is 1.26. The molecule has 1 atom stereocenters. The Morgan fingerprint density at radius 3 is 2.47 bits per heavy atom. The van der Waals surface area contributed by atoms with Crippen LogP contribution in [-0.4, -0.2) is 13.7 Å². The van der Waals surface area contributed by atoms with Crippen LogP contribution in [-0.2, 0) is 11.1 Å². The van der Waals surface area contributed by atoms with Gasteiger partial charge in [0.2, 0.25) is 0 Å². The summed E-state index contributed by atoms with van der Waals surface area (Å²) in [5.41, 5.74) is 0.484. The number of nitrogens with zero attached hydrogens (tertiary/aromatic N) is 1. The number of benzene rings is 1. The molecule has 0 aliphatic carbocycles. The standard InChI is InChI=1S/C9H11NO4S/c1-6(2)8-4-3-7(10(11)12)5-9(8)15(13)14/h3-6H,1-2H3,(H,13,14). The minimum atomic E-state index is -2.19. The third-order valence-corrected chi connectivity index (χ3v) is 2.75. The molecular formula is C9H11NO4S. The first-order valence-corrected chi connectivity index (χ1v) is 5.43. The first kappa shape index (κ1) is 11.8. The van der Waals surface area contributed by atoms with E-state index >= 15 is 0 Å². The second kappa shape index (κ2) is 4.50. The maximum absolute atomic E-state index is 11.0. The molecule has 0 saturated heterocycles.